The van der Waals surface area contributed by atoms with E-state index in [0.717, 1.165) is 48.5 Å². The van der Waals surface area contributed by atoms with Crippen molar-refractivity contribution in [1.29, 1.82) is 0 Å². The summed E-state index contributed by atoms with van der Waals surface area (Å²) in [7, 11) is 1.82. The molecule has 9 heteroatoms. The van der Waals surface area contributed by atoms with Gasteiger partial charge in [0.25, 0.3) is 0 Å². The second kappa shape index (κ2) is 7.57. The number of morpholine rings is 1. The van der Waals surface area contributed by atoms with E-state index >= 15 is 0 Å². The van der Waals surface area contributed by atoms with Gasteiger partial charge in [-0.2, -0.15) is 0 Å². The third kappa shape index (κ3) is 3.40. The number of thiazole rings is 1. The summed E-state index contributed by atoms with van der Waals surface area (Å²) in [5.74, 6) is 1.54. The molecule has 1 atom stereocenters. The lowest BCUT2D eigenvalue weighted by Crippen LogP contribution is -2.41. The molecule has 0 unspecified atom stereocenters. The summed E-state index contributed by atoms with van der Waals surface area (Å²) in [6.45, 7) is 3.57. The molecule has 1 amide bonds. The molecule has 1 saturated heterocycles. The number of benzene rings is 1. The fourth-order valence-electron chi connectivity index (χ4n) is 3.87. The van der Waals surface area contributed by atoms with Crippen LogP contribution in [0.3, 0.4) is 0 Å². The van der Waals surface area contributed by atoms with Crippen molar-refractivity contribution in [3.8, 4) is 11.5 Å². The van der Waals surface area contributed by atoms with Gasteiger partial charge in [0.05, 0.1) is 19.8 Å². The quantitative estimate of drug-likeness (QED) is 0.655. The number of ether oxygens (including phenoxy) is 1. The van der Waals surface area contributed by atoms with Crippen LogP contribution in [0.15, 0.2) is 35.7 Å². The zero-order valence-corrected chi connectivity index (χ0v) is 17.0. The SMILES string of the molecule is CN1Cc2nnc(-c3csc(N4CCOCC4)n3)n2[C@@H](Cc2ccccc2)C1=O. The van der Waals surface area contributed by atoms with E-state index in [4.69, 9.17) is 9.72 Å². The minimum Gasteiger partial charge on any atom is -0.378 e. The highest BCUT2D eigenvalue weighted by Gasteiger charge is 2.35. The van der Waals surface area contributed by atoms with E-state index in [9.17, 15) is 4.79 Å². The zero-order chi connectivity index (χ0) is 19.8. The zero-order valence-electron chi connectivity index (χ0n) is 16.2. The number of nitrogens with zero attached hydrogens (tertiary/aromatic N) is 6. The third-order valence-corrected chi connectivity index (χ3v) is 6.29. The third-order valence-electron chi connectivity index (χ3n) is 5.39. The Balaban J connectivity index is 1.50. The van der Waals surface area contributed by atoms with E-state index in [1.165, 1.54) is 0 Å². The van der Waals surface area contributed by atoms with Gasteiger partial charge in [0.1, 0.15) is 11.7 Å². The Kier molecular flexibility index (Phi) is 4.76. The van der Waals surface area contributed by atoms with Crippen molar-refractivity contribution in [1.82, 2.24) is 24.6 Å². The number of aromatic nitrogens is 4. The summed E-state index contributed by atoms with van der Waals surface area (Å²) in [4.78, 5) is 21.8. The number of fused-ring (bicyclic) bond motifs is 1. The van der Waals surface area contributed by atoms with E-state index < -0.39 is 0 Å². The number of anilines is 1. The Labute approximate surface area is 172 Å². The van der Waals surface area contributed by atoms with Crippen molar-refractivity contribution in [2.75, 3.05) is 38.3 Å². The van der Waals surface area contributed by atoms with Gasteiger partial charge in [0.15, 0.2) is 16.8 Å². The number of likely N-dealkylation sites (N-methyl/N-ethyl adjacent to an activating group) is 1. The van der Waals surface area contributed by atoms with Gasteiger partial charge in [-0.25, -0.2) is 4.98 Å². The number of rotatable bonds is 4. The first kappa shape index (κ1) is 18.3. The second-order valence-electron chi connectivity index (χ2n) is 7.32. The van der Waals surface area contributed by atoms with Gasteiger partial charge in [0.2, 0.25) is 5.91 Å². The Morgan fingerprint density at radius 2 is 1.97 bits per heavy atom. The van der Waals surface area contributed by atoms with Crippen molar-refractivity contribution < 1.29 is 9.53 Å². The number of hydrogen-bond acceptors (Lipinski definition) is 7. The van der Waals surface area contributed by atoms with Crippen LogP contribution in [0.5, 0.6) is 0 Å². The molecule has 2 aliphatic heterocycles. The molecule has 0 bridgehead atoms. The summed E-state index contributed by atoms with van der Waals surface area (Å²) >= 11 is 1.59. The number of carbonyl (C=O) groups excluding carboxylic acids is 1. The Morgan fingerprint density at radius 1 is 1.17 bits per heavy atom. The molecule has 2 aliphatic rings. The summed E-state index contributed by atoms with van der Waals surface area (Å²) in [6, 6.07) is 9.70. The maximum absolute atomic E-state index is 13.0. The first-order chi connectivity index (χ1) is 14.2. The predicted molar refractivity (Wildman–Crippen MR) is 110 cm³/mol. The van der Waals surface area contributed by atoms with Crippen LogP contribution in [0.1, 0.15) is 17.4 Å². The molecule has 5 rings (SSSR count). The Bertz CT molecular complexity index is 1010. The number of amides is 1. The smallest absolute Gasteiger partial charge is 0.246 e. The van der Waals surface area contributed by atoms with Crippen molar-refractivity contribution in [2.24, 2.45) is 0 Å². The normalized spacial score (nSPS) is 19.5. The largest absolute Gasteiger partial charge is 0.378 e. The van der Waals surface area contributed by atoms with Gasteiger partial charge in [0, 0.05) is 31.9 Å². The molecule has 0 aliphatic carbocycles. The Morgan fingerprint density at radius 3 is 2.76 bits per heavy atom. The molecule has 0 spiro atoms. The average molecular weight is 411 g/mol. The van der Waals surface area contributed by atoms with Crippen LogP contribution < -0.4 is 4.90 Å². The standard InChI is InChI=1S/C20H22N6O2S/c1-24-12-17-22-23-18(15-13-29-20(21-15)25-7-9-28-10-8-25)26(17)16(19(24)27)11-14-5-3-2-4-6-14/h2-6,13,16H,7-12H2,1H3/t16-/m0/s1. The van der Waals surface area contributed by atoms with Crippen molar-refractivity contribution in [3.05, 3.63) is 47.1 Å². The highest BCUT2D eigenvalue weighted by atomic mass is 32.1. The van der Waals surface area contributed by atoms with Gasteiger partial charge >= 0.3 is 0 Å². The lowest BCUT2D eigenvalue weighted by atomic mass is 10.0. The minimum atomic E-state index is -0.371. The minimum absolute atomic E-state index is 0.0750. The van der Waals surface area contributed by atoms with Gasteiger partial charge in [-0.05, 0) is 5.56 Å². The molecule has 1 aromatic carbocycles. The molecular weight excluding hydrogens is 388 g/mol. The van der Waals surface area contributed by atoms with Crippen LogP contribution in [0, 0.1) is 0 Å². The summed E-state index contributed by atoms with van der Waals surface area (Å²) in [5, 5.41) is 11.8. The summed E-state index contributed by atoms with van der Waals surface area (Å²) < 4.78 is 7.41. The van der Waals surface area contributed by atoms with Crippen LogP contribution in [-0.4, -0.2) is 63.9 Å². The molecule has 3 aromatic rings. The average Bonchev–Trinajstić information content (AvgIpc) is 3.40. The van der Waals surface area contributed by atoms with Crippen LogP contribution in [-0.2, 0) is 22.5 Å². The monoisotopic (exact) mass is 410 g/mol. The van der Waals surface area contributed by atoms with E-state index in [0.29, 0.717) is 18.8 Å². The molecule has 0 N–H and O–H groups in total. The topological polar surface area (TPSA) is 76.4 Å². The molecular formula is C20H22N6O2S. The first-order valence-electron chi connectivity index (χ1n) is 9.72. The highest BCUT2D eigenvalue weighted by molar-refractivity contribution is 7.14. The molecule has 0 saturated carbocycles. The highest BCUT2D eigenvalue weighted by Crippen LogP contribution is 2.32. The molecule has 1 fully saturated rings. The lowest BCUT2D eigenvalue weighted by molar-refractivity contribution is -0.135. The Hall–Kier alpha value is -2.78. The second-order valence-corrected chi connectivity index (χ2v) is 8.16. The fraction of sp³-hybridized carbons (Fsp3) is 0.400. The van der Waals surface area contributed by atoms with Crippen LogP contribution in [0.2, 0.25) is 0 Å². The molecule has 8 nitrogen and oxygen atoms in total. The van der Waals surface area contributed by atoms with Crippen molar-refractivity contribution in [2.45, 2.75) is 19.0 Å². The van der Waals surface area contributed by atoms with Crippen LogP contribution in [0.4, 0.5) is 5.13 Å². The van der Waals surface area contributed by atoms with Crippen LogP contribution in [0.25, 0.3) is 11.5 Å². The molecule has 4 heterocycles. The molecule has 150 valence electrons. The lowest BCUT2D eigenvalue weighted by Gasteiger charge is -2.31. The fourth-order valence-corrected chi connectivity index (χ4v) is 4.73. The summed E-state index contributed by atoms with van der Waals surface area (Å²) in [5.41, 5.74) is 1.88. The first-order valence-corrected chi connectivity index (χ1v) is 10.6. The number of carbonyl (C=O) groups is 1. The van der Waals surface area contributed by atoms with Crippen molar-refractivity contribution >= 4 is 22.4 Å². The van der Waals surface area contributed by atoms with Crippen LogP contribution >= 0.6 is 11.3 Å². The maximum atomic E-state index is 13.0. The molecule has 2 aromatic heterocycles. The van der Waals surface area contributed by atoms with Gasteiger partial charge in [-0.15, -0.1) is 21.5 Å². The van der Waals surface area contributed by atoms with E-state index in [2.05, 4.69) is 15.1 Å². The summed E-state index contributed by atoms with van der Waals surface area (Å²) in [6.07, 6.45) is 0.600. The molecule has 0 radical (unpaired) electrons. The van der Waals surface area contributed by atoms with E-state index in [1.54, 1.807) is 16.2 Å². The van der Waals surface area contributed by atoms with Gasteiger partial charge in [-0.1, -0.05) is 30.3 Å². The predicted octanol–water partition coefficient (Wildman–Crippen LogP) is 1.99. The van der Waals surface area contributed by atoms with E-state index in [1.807, 2.05) is 47.3 Å². The maximum Gasteiger partial charge on any atom is 0.246 e. The molecule has 29 heavy (non-hydrogen) atoms. The van der Waals surface area contributed by atoms with Crippen molar-refractivity contribution in [3.63, 3.8) is 0 Å². The van der Waals surface area contributed by atoms with Gasteiger partial charge in [-0.3, -0.25) is 9.36 Å². The van der Waals surface area contributed by atoms with E-state index in [-0.39, 0.29) is 11.9 Å². The van der Waals surface area contributed by atoms with Gasteiger partial charge < -0.3 is 14.5 Å². The number of hydrogen-bond donors (Lipinski definition) is 0.